The summed E-state index contributed by atoms with van der Waals surface area (Å²) in [7, 11) is 0. The van der Waals surface area contributed by atoms with Crippen LogP contribution in [0, 0.1) is 12.3 Å². The van der Waals surface area contributed by atoms with Crippen LogP contribution in [0.3, 0.4) is 0 Å². The number of amides is 1. The Balaban J connectivity index is 3.83. The first-order valence-corrected chi connectivity index (χ1v) is 5.20. The second-order valence-corrected chi connectivity index (χ2v) is 5.24. The van der Waals surface area contributed by atoms with Crippen molar-refractivity contribution in [3.8, 4) is 12.3 Å². The topological polar surface area (TPSA) is 41.1 Å². The van der Waals surface area contributed by atoms with Crippen LogP contribution in [-0.2, 0) is 4.79 Å². The van der Waals surface area contributed by atoms with Crippen LogP contribution < -0.4 is 10.6 Å². The lowest BCUT2D eigenvalue weighted by molar-refractivity contribution is -0.122. The van der Waals surface area contributed by atoms with Crippen LogP contribution in [-0.4, -0.2) is 23.5 Å². The molecule has 3 nitrogen and oxygen atoms in total. The summed E-state index contributed by atoms with van der Waals surface area (Å²) in [6, 6.07) is 0. The Morgan fingerprint density at radius 2 is 1.80 bits per heavy atom. The molecule has 0 aliphatic carbocycles. The summed E-state index contributed by atoms with van der Waals surface area (Å²) in [5, 5.41) is 6.02. The fraction of sp³-hybridized carbons (Fsp3) is 0.750. The Bertz CT molecular complexity index is 256. The maximum Gasteiger partial charge on any atom is 0.222 e. The van der Waals surface area contributed by atoms with E-state index in [0.717, 1.165) is 0 Å². The van der Waals surface area contributed by atoms with E-state index in [-0.39, 0.29) is 11.4 Å². The van der Waals surface area contributed by atoms with E-state index in [0.29, 0.717) is 13.0 Å². The molecule has 0 aliphatic heterocycles. The average Bonchev–Trinajstić information content (AvgIpc) is 2.00. The van der Waals surface area contributed by atoms with Gasteiger partial charge in [0.2, 0.25) is 5.91 Å². The largest absolute Gasteiger partial charge is 0.340 e. The summed E-state index contributed by atoms with van der Waals surface area (Å²) >= 11 is 0. The number of hydrogen-bond acceptors (Lipinski definition) is 2. The third kappa shape index (κ3) is 8.02. The second kappa shape index (κ2) is 5.18. The normalized spacial score (nSPS) is 12.0. The van der Waals surface area contributed by atoms with E-state index >= 15 is 0 Å². The van der Waals surface area contributed by atoms with Gasteiger partial charge in [-0.25, -0.2) is 0 Å². The molecule has 0 fully saturated rings. The van der Waals surface area contributed by atoms with Crippen LogP contribution in [0.4, 0.5) is 0 Å². The zero-order valence-electron chi connectivity index (χ0n) is 10.4. The van der Waals surface area contributed by atoms with Crippen LogP contribution in [0.25, 0.3) is 0 Å². The molecule has 0 aromatic rings. The molecule has 0 bridgehead atoms. The summed E-state index contributed by atoms with van der Waals surface area (Å²) in [5.74, 6) is 2.51. The molecular formula is C12H22N2O. The summed E-state index contributed by atoms with van der Waals surface area (Å²) in [6.07, 6.45) is 5.72. The van der Waals surface area contributed by atoms with Crippen molar-refractivity contribution in [2.24, 2.45) is 0 Å². The highest BCUT2D eigenvalue weighted by molar-refractivity contribution is 5.77. The molecule has 0 aromatic carbocycles. The summed E-state index contributed by atoms with van der Waals surface area (Å²) in [5.41, 5.74) is -0.513. The molecule has 0 spiro atoms. The van der Waals surface area contributed by atoms with Crippen molar-refractivity contribution in [2.45, 2.75) is 52.1 Å². The average molecular weight is 210 g/mol. The van der Waals surface area contributed by atoms with E-state index in [9.17, 15) is 4.79 Å². The second-order valence-electron chi connectivity index (χ2n) is 5.24. The number of nitrogens with one attached hydrogen (secondary N) is 2. The van der Waals surface area contributed by atoms with Gasteiger partial charge in [0.25, 0.3) is 0 Å². The number of carbonyl (C=O) groups is 1. The number of carbonyl (C=O) groups excluding carboxylic acids is 1. The zero-order valence-corrected chi connectivity index (χ0v) is 10.4. The molecule has 0 heterocycles. The summed E-state index contributed by atoms with van der Waals surface area (Å²) in [4.78, 5) is 11.5. The molecule has 0 atom stereocenters. The Kier molecular flexibility index (Phi) is 4.83. The smallest absolute Gasteiger partial charge is 0.222 e. The number of hydrogen-bond donors (Lipinski definition) is 2. The van der Waals surface area contributed by atoms with Crippen LogP contribution >= 0.6 is 0 Å². The molecule has 0 saturated heterocycles. The van der Waals surface area contributed by atoms with Gasteiger partial charge in [0, 0.05) is 18.5 Å². The standard InChI is InChI=1S/C12H22N2O/c1-7-12(5,6)14-10(15)8-9-13-11(2,3)4/h1,13H,8-9H2,2-6H3,(H,14,15). The molecule has 3 heteroatoms. The predicted molar refractivity (Wildman–Crippen MR) is 63.4 cm³/mol. The van der Waals surface area contributed by atoms with Gasteiger partial charge in [-0.3, -0.25) is 4.79 Å². The van der Waals surface area contributed by atoms with Crippen molar-refractivity contribution in [3.63, 3.8) is 0 Å². The number of rotatable bonds is 4. The van der Waals surface area contributed by atoms with Crippen molar-refractivity contribution in [3.05, 3.63) is 0 Å². The van der Waals surface area contributed by atoms with Crippen molar-refractivity contribution in [1.29, 1.82) is 0 Å². The minimum atomic E-state index is -0.557. The Morgan fingerprint density at radius 3 is 2.20 bits per heavy atom. The lowest BCUT2D eigenvalue weighted by Gasteiger charge is -2.22. The van der Waals surface area contributed by atoms with Crippen molar-refractivity contribution in [1.82, 2.24) is 10.6 Å². The van der Waals surface area contributed by atoms with E-state index < -0.39 is 5.54 Å². The first-order chi connectivity index (χ1) is 6.66. The first-order valence-electron chi connectivity index (χ1n) is 5.20. The lowest BCUT2D eigenvalue weighted by Crippen LogP contribution is -2.44. The lowest BCUT2D eigenvalue weighted by atomic mass is 10.1. The Labute approximate surface area is 93.0 Å². The van der Waals surface area contributed by atoms with Gasteiger partial charge in [0.1, 0.15) is 0 Å². The van der Waals surface area contributed by atoms with Gasteiger partial charge in [-0.1, -0.05) is 5.92 Å². The SMILES string of the molecule is C#CC(C)(C)NC(=O)CCNC(C)(C)C. The summed E-state index contributed by atoms with van der Waals surface area (Å²) < 4.78 is 0. The van der Waals surface area contributed by atoms with Gasteiger partial charge < -0.3 is 10.6 Å². The van der Waals surface area contributed by atoms with Crippen LogP contribution in [0.5, 0.6) is 0 Å². The van der Waals surface area contributed by atoms with E-state index in [1.807, 2.05) is 13.8 Å². The maximum absolute atomic E-state index is 11.5. The number of terminal acetylenes is 1. The molecule has 86 valence electrons. The molecular weight excluding hydrogens is 188 g/mol. The van der Waals surface area contributed by atoms with Gasteiger partial charge >= 0.3 is 0 Å². The highest BCUT2D eigenvalue weighted by Crippen LogP contribution is 2.01. The predicted octanol–water partition coefficient (Wildman–Crippen LogP) is 1.29. The molecule has 1 amide bonds. The van der Waals surface area contributed by atoms with Crippen LogP contribution in [0.15, 0.2) is 0 Å². The quantitative estimate of drug-likeness (QED) is 0.687. The van der Waals surface area contributed by atoms with Gasteiger partial charge in [-0.05, 0) is 34.6 Å². The monoisotopic (exact) mass is 210 g/mol. The van der Waals surface area contributed by atoms with Crippen molar-refractivity contribution >= 4 is 5.91 Å². The van der Waals surface area contributed by atoms with Gasteiger partial charge in [-0.15, -0.1) is 6.42 Å². The summed E-state index contributed by atoms with van der Waals surface area (Å²) in [6.45, 7) is 10.5. The fourth-order valence-corrected chi connectivity index (χ4v) is 0.998. The van der Waals surface area contributed by atoms with Gasteiger partial charge in [0.05, 0.1) is 5.54 Å². The third-order valence-corrected chi connectivity index (χ3v) is 1.82. The van der Waals surface area contributed by atoms with E-state index in [1.165, 1.54) is 0 Å². The molecule has 15 heavy (non-hydrogen) atoms. The van der Waals surface area contributed by atoms with Gasteiger partial charge in [0.15, 0.2) is 0 Å². The molecule has 0 saturated carbocycles. The van der Waals surface area contributed by atoms with Crippen LogP contribution in [0.1, 0.15) is 41.0 Å². The highest BCUT2D eigenvalue weighted by atomic mass is 16.1. The Hall–Kier alpha value is -1.01. The van der Waals surface area contributed by atoms with E-state index in [4.69, 9.17) is 6.42 Å². The minimum Gasteiger partial charge on any atom is -0.340 e. The fourth-order valence-electron chi connectivity index (χ4n) is 0.998. The Morgan fingerprint density at radius 1 is 1.27 bits per heavy atom. The maximum atomic E-state index is 11.5. The third-order valence-electron chi connectivity index (χ3n) is 1.82. The highest BCUT2D eigenvalue weighted by Gasteiger charge is 2.17. The molecule has 0 rings (SSSR count). The molecule has 0 unspecified atom stereocenters. The molecule has 0 aromatic heterocycles. The zero-order chi connectivity index (χ0) is 12.1. The molecule has 0 radical (unpaired) electrons. The van der Waals surface area contributed by atoms with Crippen LogP contribution in [0.2, 0.25) is 0 Å². The molecule has 0 aliphatic rings. The van der Waals surface area contributed by atoms with E-state index in [1.54, 1.807) is 0 Å². The minimum absolute atomic E-state index is 0.0188. The van der Waals surface area contributed by atoms with E-state index in [2.05, 4.69) is 37.3 Å². The van der Waals surface area contributed by atoms with Crippen molar-refractivity contribution in [2.75, 3.05) is 6.54 Å². The van der Waals surface area contributed by atoms with Gasteiger partial charge in [-0.2, -0.15) is 0 Å². The first kappa shape index (κ1) is 14.0. The molecule has 2 N–H and O–H groups in total. The van der Waals surface area contributed by atoms with Crippen molar-refractivity contribution < 1.29 is 4.79 Å².